The van der Waals surface area contributed by atoms with Gasteiger partial charge < -0.3 is 15.1 Å². The lowest BCUT2D eigenvalue weighted by molar-refractivity contribution is 0.506. The molecule has 27 heavy (non-hydrogen) atoms. The molecule has 1 aliphatic carbocycles. The van der Waals surface area contributed by atoms with Crippen molar-refractivity contribution in [3.8, 4) is 0 Å². The highest BCUT2D eigenvalue weighted by atomic mass is 16.3. The van der Waals surface area contributed by atoms with Crippen molar-refractivity contribution in [1.82, 2.24) is 20.4 Å². The van der Waals surface area contributed by atoms with Crippen molar-refractivity contribution in [3.63, 3.8) is 0 Å². The van der Waals surface area contributed by atoms with Gasteiger partial charge in [0, 0.05) is 37.3 Å². The lowest BCUT2D eigenvalue weighted by atomic mass is 10.1. The predicted molar refractivity (Wildman–Crippen MR) is 109 cm³/mol. The van der Waals surface area contributed by atoms with E-state index in [1.807, 2.05) is 23.9 Å². The zero-order valence-corrected chi connectivity index (χ0v) is 16.9. The first-order valence-electron chi connectivity index (χ1n) is 10.3. The molecule has 0 saturated heterocycles. The number of nitrogens with zero attached hydrogens (tertiary/aromatic N) is 3. The van der Waals surface area contributed by atoms with E-state index in [4.69, 9.17) is 9.41 Å². The molecule has 1 fully saturated rings. The molecule has 0 aliphatic heterocycles. The quantitative estimate of drug-likeness (QED) is 0.551. The van der Waals surface area contributed by atoms with Crippen LogP contribution in [0.2, 0.25) is 0 Å². The summed E-state index contributed by atoms with van der Waals surface area (Å²) >= 11 is 0. The molecule has 6 heteroatoms. The Balaban J connectivity index is 1.68. The second-order valence-corrected chi connectivity index (χ2v) is 7.25. The number of hydrogen-bond acceptors (Lipinski definition) is 3. The van der Waals surface area contributed by atoms with Gasteiger partial charge in [0.05, 0.1) is 18.5 Å². The molecule has 148 valence electrons. The first-order chi connectivity index (χ1) is 13.2. The largest absolute Gasteiger partial charge is 0.469 e. The molecule has 0 radical (unpaired) electrons. The number of furan rings is 1. The maximum Gasteiger partial charge on any atom is 0.191 e. The summed E-state index contributed by atoms with van der Waals surface area (Å²) in [6.45, 7) is 5.82. The third kappa shape index (κ3) is 5.15. The molecule has 0 spiro atoms. The first kappa shape index (κ1) is 19.5. The van der Waals surface area contributed by atoms with Crippen molar-refractivity contribution in [1.29, 1.82) is 0 Å². The van der Waals surface area contributed by atoms with Crippen LogP contribution in [0.1, 0.15) is 62.2 Å². The topological polar surface area (TPSA) is 67.4 Å². The zero-order valence-electron chi connectivity index (χ0n) is 16.9. The highest BCUT2D eigenvalue weighted by Crippen LogP contribution is 2.18. The molecule has 1 aliphatic rings. The molecule has 0 bridgehead atoms. The molecule has 0 amide bonds. The van der Waals surface area contributed by atoms with Gasteiger partial charge in [-0.05, 0) is 37.8 Å². The molecule has 6 nitrogen and oxygen atoms in total. The molecule has 0 aromatic carbocycles. The summed E-state index contributed by atoms with van der Waals surface area (Å²) in [7, 11) is 2.03. The lowest BCUT2D eigenvalue weighted by Crippen LogP contribution is -2.43. The van der Waals surface area contributed by atoms with E-state index in [9.17, 15) is 0 Å². The molecular formula is C21H33N5O. The van der Waals surface area contributed by atoms with E-state index in [-0.39, 0.29) is 0 Å². The second-order valence-electron chi connectivity index (χ2n) is 7.25. The van der Waals surface area contributed by atoms with Gasteiger partial charge in [-0.15, -0.1) is 0 Å². The smallest absolute Gasteiger partial charge is 0.191 e. The van der Waals surface area contributed by atoms with E-state index in [1.165, 1.54) is 36.9 Å². The minimum atomic E-state index is 0.532. The highest BCUT2D eigenvalue weighted by molar-refractivity contribution is 5.80. The number of hydrogen-bond donors (Lipinski definition) is 2. The fourth-order valence-electron chi connectivity index (χ4n) is 3.91. The molecule has 2 aromatic heterocycles. The van der Waals surface area contributed by atoms with Crippen molar-refractivity contribution in [3.05, 3.63) is 41.1 Å². The average molecular weight is 372 g/mol. The third-order valence-corrected chi connectivity index (χ3v) is 5.36. The SMILES string of the molecule is CCc1nn(C)c(CC)c1CN=C(NCCc1ccco1)NC1CCCC1. The van der Waals surface area contributed by atoms with Crippen LogP contribution in [0, 0.1) is 0 Å². The predicted octanol–water partition coefficient (Wildman–Crippen LogP) is 3.36. The van der Waals surface area contributed by atoms with Crippen molar-refractivity contribution in [2.24, 2.45) is 12.0 Å². The van der Waals surface area contributed by atoms with Gasteiger partial charge in [-0.2, -0.15) is 5.10 Å². The second kappa shape index (κ2) is 9.62. The van der Waals surface area contributed by atoms with Crippen LogP contribution < -0.4 is 10.6 Å². The van der Waals surface area contributed by atoms with Crippen LogP contribution in [0.25, 0.3) is 0 Å². The fraction of sp³-hybridized carbons (Fsp3) is 0.619. The number of aryl methyl sites for hydroxylation is 2. The normalized spacial score (nSPS) is 15.4. The summed E-state index contributed by atoms with van der Waals surface area (Å²) in [5.74, 6) is 1.90. The van der Waals surface area contributed by atoms with Crippen LogP contribution in [0.5, 0.6) is 0 Å². The van der Waals surface area contributed by atoms with Crippen molar-refractivity contribution in [2.75, 3.05) is 6.54 Å². The summed E-state index contributed by atoms with van der Waals surface area (Å²) in [5.41, 5.74) is 3.72. The Morgan fingerprint density at radius 2 is 2.11 bits per heavy atom. The van der Waals surface area contributed by atoms with E-state index in [2.05, 4.69) is 29.6 Å². The van der Waals surface area contributed by atoms with Gasteiger partial charge in [-0.3, -0.25) is 4.68 Å². The number of guanidine groups is 1. The van der Waals surface area contributed by atoms with Crippen LogP contribution in [0.15, 0.2) is 27.8 Å². The van der Waals surface area contributed by atoms with Gasteiger partial charge in [0.15, 0.2) is 5.96 Å². The van der Waals surface area contributed by atoms with E-state index >= 15 is 0 Å². The average Bonchev–Trinajstić information content (AvgIpc) is 3.41. The standard InChI is InChI=1S/C21H33N5O/c1-4-19-18(20(5-2)26(3)25-19)15-23-21(24-16-9-6-7-10-16)22-13-12-17-11-8-14-27-17/h8,11,14,16H,4-7,9-10,12-13,15H2,1-3H3,(H2,22,23,24). The van der Waals surface area contributed by atoms with Gasteiger partial charge in [-0.1, -0.05) is 26.7 Å². The van der Waals surface area contributed by atoms with E-state index in [1.54, 1.807) is 6.26 Å². The minimum absolute atomic E-state index is 0.532. The van der Waals surface area contributed by atoms with E-state index in [0.29, 0.717) is 12.6 Å². The molecule has 0 unspecified atom stereocenters. The molecule has 0 atom stereocenters. The van der Waals surface area contributed by atoms with Gasteiger partial charge >= 0.3 is 0 Å². The molecular weight excluding hydrogens is 338 g/mol. The lowest BCUT2D eigenvalue weighted by Gasteiger charge is -2.17. The Morgan fingerprint density at radius 1 is 1.30 bits per heavy atom. The van der Waals surface area contributed by atoms with Gasteiger partial charge in [-0.25, -0.2) is 4.99 Å². The maximum absolute atomic E-state index is 5.43. The van der Waals surface area contributed by atoms with Crippen LogP contribution in [-0.4, -0.2) is 28.3 Å². The highest BCUT2D eigenvalue weighted by Gasteiger charge is 2.17. The number of rotatable bonds is 8. The van der Waals surface area contributed by atoms with Crippen molar-refractivity contribution in [2.45, 2.75) is 71.4 Å². The van der Waals surface area contributed by atoms with Crippen molar-refractivity contribution < 1.29 is 4.42 Å². The molecule has 1 saturated carbocycles. The monoisotopic (exact) mass is 371 g/mol. The Kier molecular flexibility index (Phi) is 6.96. The van der Waals surface area contributed by atoms with Gasteiger partial charge in [0.2, 0.25) is 0 Å². The van der Waals surface area contributed by atoms with Crippen LogP contribution in [0.4, 0.5) is 0 Å². The molecule has 3 rings (SSSR count). The fourth-order valence-corrected chi connectivity index (χ4v) is 3.91. The summed E-state index contributed by atoms with van der Waals surface area (Å²) in [4.78, 5) is 4.92. The van der Waals surface area contributed by atoms with Gasteiger partial charge in [0.25, 0.3) is 0 Å². The molecule has 2 aromatic rings. The Hall–Kier alpha value is -2.24. The zero-order chi connectivity index (χ0) is 19.1. The molecule has 2 N–H and O–H groups in total. The Morgan fingerprint density at radius 3 is 2.78 bits per heavy atom. The Labute approximate surface area is 162 Å². The van der Waals surface area contributed by atoms with Crippen LogP contribution in [0.3, 0.4) is 0 Å². The number of aliphatic imine (C=N–C) groups is 1. The first-order valence-corrected chi connectivity index (χ1v) is 10.3. The maximum atomic E-state index is 5.43. The van der Waals surface area contributed by atoms with E-state index < -0.39 is 0 Å². The van der Waals surface area contributed by atoms with E-state index in [0.717, 1.165) is 43.2 Å². The van der Waals surface area contributed by atoms with Crippen molar-refractivity contribution >= 4 is 5.96 Å². The summed E-state index contributed by atoms with van der Waals surface area (Å²) < 4.78 is 7.44. The summed E-state index contributed by atoms with van der Waals surface area (Å²) in [6.07, 6.45) is 9.56. The summed E-state index contributed by atoms with van der Waals surface area (Å²) in [5, 5.41) is 11.8. The summed E-state index contributed by atoms with van der Waals surface area (Å²) in [6, 6.07) is 4.48. The van der Waals surface area contributed by atoms with Gasteiger partial charge in [0.1, 0.15) is 5.76 Å². The Bertz CT molecular complexity index is 726. The third-order valence-electron chi connectivity index (χ3n) is 5.36. The number of nitrogens with one attached hydrogen (secondary N) is 2. The molecule has 2 heterocycles. The van der Waals surface area contributed by atoms with Crippen LogP contribution >= 0.6 is 0 Å². The minimum Gasteiger partial charge on any atom is -0.469 e. The van der Waals surface area contributed by atoms with Crippen LogP contribution in [-0.2, 0) is 32.9 Å². The number of aromatic nitrogens is 2.